The minimum absolute atomic E-state index is 0.419. The van der Waals surface area contributed by atoms with E-state index in [2.05, 4.69) is 5.32 Å². The highest BCUT2D eigenvalue weighted by Gasteiger charge is 2.12. The maximum absolute atomic E-state index is 12.1. The molecule has 8 heteroatoms. The van der Waals surface area contributed by atoms with Gasteiger partial charge in [0.2, 0.25) is 0 Å². The SMILES string of the molecule is COc1ccc(/C=C/C(=O)OCC(=O)Nc2ccc3c(c2)OCCCO3)c(OC)c1. The van der Waals surface area contributed by atoms with Gasteiger partial charge < -0.3 is 29.0 Å². The standard InChI is InChI=1S/C22H23NO7/c1-26-17-7-4-15(19(13-17)27-2)5-9-22(25)30-14-21(24)23-16-6-8-18-20(12-16)29-11-3-10-28-18/h4-9,12-13H,3,10-11,14H2,1-2H3,(H,23,24)/b9-5+. The molecule has 0 atom stereocenters. The molecule has 0 spiro atoms. The molecule has 30 heavy (non-hydrogen) atoms. The number of anilines is 1. The van der Waals surface area contributed by atoms with Crippen molar-refractivity contribution in [3.63, 3.8) is 0 Å². The lowest BCUT2D eigenvalue weighted by Crippen LogP contribution is -2.20. The number of benzene rings is 2. The molecule has 0 saturated heterocycles. The lowest BCUT2D eigenvalue weighted by atomic mass is 10.2. The maximum Gasteiger partial charge on any atom is 0.331 e. The molecule has 8 nitrogen and oxygen atoms in total. The molecule has 1 amide bonds. The zero-order valence-electron chi connectivity index (χ0n) is 16.8. The second kappa shape index (κ2) is 10.2. The average molecular weight is 413 g/mol. The van der Waals surface area contributed by atoms with E-state index in [1.165, 1.54) is 13.2 Å². The van der Waals surface area contributed by atoms with E-state index in [1.807, 2.05) is 0 Å². The molecule has 0 radical (unpaired) electrons. The van der Waals surface area contributed by atoms with Gasteiger partial charge in [0.15, 0.2) is 18.1 Å². The van der Waals surface area contributed by atoms with Gasteiger partial charge in [0, 0.05) is 35.9 Å². The van der Waals surface area contributed by atoms with E-state index in [0.717, 1.165) is 6.42 Å². The van der Waals surface area contributed by atoms with Crippen LogP contribution in [0.15, 0.2) is 42.5 Å². The van der Waals surface area contributed by atoms with Gasteiger partial charge in [0.1, 0.15) is 11.5 Å². The first-order valence-electron chi connectivity index (χ1n) is 9.35. The normalized spacial score (nSPS) is 12.7. The highest BCUT2D eigenvalue weighted by molar-refractivity contribution is 5.95. The third-order valence-corrected chi connectivity index (χ3v) is 4.22. The van der Waals surface area contributed by atoms with Crippen LogP contribution in [0.4, 0.5) is 5.69 Å². The molecule has 0 unspecified atom stereocenters. The van der Waals surface area contributed by atoms with Gasteiger partial charge >= 0.3 is 5.97 Å². The van der Waals surface area contributed by atoms with Crippen LogP contribution < -0.4 is 24.3 Å². The summed E-state index contributed by atoms with van der Waals surface area (Å²) < 4.78 is 26.5. The van der Waals surface area contributed by atoms with Gasteiger partial charge in [0.05, 0.1) is 27.4 Å². The quantitative estimate of drug-likeness (QED) is 0.551. The van der Waals surface area contributed by atoms with Crippen LogP contribution in [0.3, 0.4) is 0 Å². The van der Waals surface area contributed by atoms with Gasteiger partial charge in [-0.3, -0.25) is 4.79 Å². The number of amides is 1. The van der Waals surface area contributed by atoms with E-state index < -0.39 is 18.5 Å². The van der Waals surface area contributed by atoms with Crippen LogP contribution in [0.5, 0.6) is 23.0 Å². The third kappa shape index (κ3) is 5.66. The van der Waals surface area contributed by atoms with Crippen molar-refractivity contribution in [3.05, 3.63) is 48.0 Å². The minimum Gasteiger partial charge on any atom is -0.497 e. The molecule has 2 aromatic rings. The van der Waals surface area contributed by atoms with Crippen LogP contribution in [0.2, 0.25) is 0 Å². The highest BCUT2D eigenvalue weighted by atomic mass is 16.5. The molecule has 1 aliphatic heterocycles. The molecule has 158 valence electrons. The van der Waals surface area contributed by atoms with Crippen LogP contribution in [0, 0.1) is 0 Å². The van der Waals surface area contributed by atoms with Crippen molar-refractivity contribution in [2.75, 3.05) is 39.4 Å². The molecule has 1 heterocycles. The predicted octanol–water partition coefficient (Wildman–Crippen LogP) is 3.06. The van der Waals surface area contributed by atoms with Crippen molar-refractivity contribution >= 4 is 23.6 Å². The van der Waals surface area contributed by atoms with Crippen molar-refractivity contribution in [3.8, 4) is 23.0 Å². The minimum atomic E-state index is -0.651. The Morgan fingerprint density at radius 3 is 2.60 bits per heavy atom. The van der Waals surface area contributed by atoms with E-state index in [-0.39, 0.29) is 0 Å². The van der Waals surface area contributed by atoms with Gasteiger partial charge in [-0.25, -0.2) is 4.79 Å². The van der Waals surface area contributed by atoms with Crippen LogP contribution >= 0.6 is 0 Å². The largest absolute Gasteiger partial charge is 0.497 e. The lowest BCUT2D eigenvalue weighted by molar-refractivity contribution is -0.142. The molecular weight excluding hydrogens is 390 g/mol. The number of methoxy groups -OCH3 is 2. The Labute approximate surface area is 174 Å². The fourth-order valence-corrected chi connectivity index (χ4v) is 2.74. The number of esters is 1. The van der Waals surface area contributed by atoms with E-state index in [4.69, 9.17) is 23.7 Å². The molecule has 0 aliphatic carbocycles. The van der Waals surface area contributed by atoms with Gasteiger partial charge in [-0.2, -0.15) is 0 Å². The Bertz CT molecular complexity index is 939. The average Bonchev–Trinajstić information content (AvgIpc) is 3.01. The summed E-state index contributed by atoms with van der Waals surface area (Å²) in [5, 5.41) is 2.66. The number of hydrogen-bond acceptors (Lipinski definition) is 7. The number of carbonyl (C=O) groups excluding carboxylic acids is 2. The van der Waals surface area contributed by atoms with Crippen molar-refractivity contribution in [2.45, 2.75) is 6.42 Å². The van der Waals surface area contributed by atoms with Crippen LogP contribution in [-0.4, -0.2) is 45.9 Å². The Balaban J connectivity index is 1.52. The Kier molecular flexibility index (Phi) is 7.15. The molecule has 0 bridgehead atoms. The summed E-state index contributed by atoms with van der Waals surface area (Å²) in [4.78, 5) is 24.0. The molecular formula is C22H23NO7. The fourth-order valence-electron chi connectivity index (χ4n) is 2.74. The first-order chi connectivity index (χ1) is 14.6. The Morgan fingerprint density at radius 1 is 1.03 bits per heavy atom. The number of fused-ring (bicyclic) bond motifs is 1. The fraction of sp³-hybridized carbons (Fsp3) is 0.273. The van der Waals surface area contributed by atoms with E-state index in [9.17, 15) is 9.59 Å². The summed E-state index contributed by atoms with van der Waals surface area (Å²) >= 11 is 0. The zero-order valence-corrected chi connectivity index (χ0v) is 16.8. The summed E-state index contributed by atoms with van der Waals surface area (Å²) in [6.07, 6.45) is 3.57. The van der Waals surface area contributed by atoms with Crippen LogP contribution in [0.25, 0.3) is 6.08 Å². The van der Waals surface area contributed by atoms with Crippen molar-refractivity contribution in [2.24, 2.45) is 0 Å². The van der Waals surface area contributed by atoms with Crippen molar-refractivity contribution < 1.29 is 33.3 Å². The number of rotatable bonds is 7. The molecule has 3 rings (SSSR count). The highest BCUT2D eigenvalue weighted by Crippen LogP contribution is 2.32. The third-order valence-electron chi connectivity index (χ3n) is 4.22. The summed E-state index contributed by atoms with van der Waals surface area (Å²) in [5.41, 5.74) is 1.20. The second-order valence-corrected chi connectivity index (χ2v) is 6.31. The summed E-state index contributed by atoms with van der Waals surface area (Å²) in [6.45, 7) is 0.718. The first-order valence-corrected chi connectivity index (χ1v) is 9.35. The topological polar surface area (TPSA) is 92.3 Å². The Morgan fingerprint density at radius 2 is 1.83 bits per heavy atom. The molecule has 0 fully saturated rings. The van der Waals surface area contributed by atoms with E-state index >= 15 is 0 Å². The van der Waals surface area contributed by atoms with E-state index in [0.29, 0.717) is 47.5 Å². The van der Waals surface area contributed by atoms with Gasteiger partial charge in [-0.1, -0.05) is 0 Å². The van der Waals surface area contributed by atoms with Crippen molar-refractivity contribution in [1.29, 1.82) is 0 Å². The Hall–Kier alpha value is -3.68. The molecule has 0 saturated carbocycles. The molecule has 2 aromatic carbocycles. The van der Waals surface area contributed by atoms with E-state index in [1.54, 1.807) is 49.6 Å². The number of carbonyl (C=O) groups is 2. The zero-order chi connectivity index (χ0) is 21.3. The predicted molar refractivity (Wildman–Crippen MR) is 110 cm³/mol. The van der Waals surface area contributed by atoms with Gasteiger partial charge in [-0.15, -0.1) is 0 Å². The molecule has 1 N–H and O–H groups in total. The summed E-state index contributed by atoms with van der Waals surface area (Å²) in [7, 11) is 3.08. The monoisotopic (exact) mass is 413 g/mol. The smallest absolute Gasteiger partial charge is 0.331 e. The van der Waals surface area contributed by atoms with Gasteiger partial charge in [-0.05, 0) is 30.3 Å². The van der Waals surface area contributed by atoms with Crippen LogP contribution in [-0.2, 0) is 14.3 Å². The lowest BCUT2D eigenvalue weighted by Gasteiger charge is -2.10. The van der Waals surface area contributed by atoms with Gasteiger partial charge in [0.25, 0.3) is 5.91 Å². The second-order valence-electron chi connectivity index (χ2n) is 6.31. The number of hydrogen-bond donors (Lipinski definition) is 1. The number of ether oxygens (including phenoxy) is 5. The summed E-state index contributed by atoms with van der Waals surface area (Å²) in [6, 6.07) is 10.3. The first kappa shape index (κ1) is 21.0. The number of nitrogens with one attached hydrogen (secondary N) is 1. The molecule has 0 aromatic heterocycles. The maximum atomic E-state index is 12.1. The van der Waals surface area contributed by atoms with Crippen LogP contribution in [0.1, 0.15) is 12.0 Å². The molecule has 1 aliphatic rings. The summed E-state index contributed by atoms with van der Waals surface area (Å²) in [5.74, 6) is 1.27. The van der Waals surface area contributed by atoms with Crippen molar-refractivity contribution in [1.82, 2.24) is 0 Å².